The predicted molar refractivity (Wildman–Crippen MR) is 87.0 cm³/mol. The number of hydrogen-bond acceptors (Lipinski definition) is 2. The Balaban J connectivity index is 1.96. The zero-order valence-corrected chi connectivity index (χ0v) is 13.5. The molecule has 0 heterocycles. The lowest BCUT2D eigenvalue weighted by Crippen LogP contribution is -2.18. The van der Waals surface area contributed by atoms with Crippen molar-refractivity contribution in [1.82, 2.24) is 5.32 Å². The Labute approximate surface area is 129 Å². The molecule has 2 aromatic carbocycles. The predicted octanol–water partition coefficient (Wildman–Crippen LogP) is 4.70. The van der Waals surface area contributed by atoms with Gasteiger partial charge in [0.25, 0.3) is 0 Å². The van der Waals surface area contributed by atoms with E-state index in [0.717, 1.165) is 16.8 Å². The van der Waals surface area contributed by atoms with Gasteiger partial charge < -0.3 is 10.1 Å². The van der Waals surface area contributed by atoms with Gasteiger partial charge in [-0.1, -0.05) is 40.2 Å². The third kappa shape index (κ3) is 4.36. The van der Waals surface area contributed by atoms with Gasteiger partial charge in [0.15, 0.2) is 0 Å². The Morgan fingerprint density at radius 1 is 1.15 bits per heavy atom. The molecule has 0 bridgehead atoms. The molecule has 0 radical (unpaired) electrons. The first-order chi connectivity index (χ1) is 9.69. The van der Waals surface area contributed by atoms with Crippen LogP contribution in [0.5, 0.6) is 5.75 Å². The van der Waals surface area contributed by atoms with Crippen LogP contribution in [0, 0.1) is 0 Å². The summed E-state index contributed by atoms with van der Waals surface area (Å²) in [5.41, 5.74) is 2.51. The maximum atomic E-state index is 5.52. The summed E-state index contributed by atoms with van der Waals surface area (Å²) in [6.07, 6.45) is 0. The third-order valence-corrected chi connectivity index (χ3v) is 3.66. The Hall–Kier alpha value is -1.32. The zero-order chi connectivity index (χ0) is 14.4. The van der Waals surface area contributed by atoms with Gasteiger partial charge in [-0.3, -0.25) is 0 Å². The molecular formula is C17H20BrNO. The zero-order valence-electron chi connectivity index (χ0n) is 11.9. The second kappa shape index (κ2) is 7.46. The quantitative estimate of drug-likeness (QED) is 0.827. The maximum Gasteiger partial charge on any atom is 0.119 e. The molecule has 106 valence electrons. The van der Waals surface area contributed by atoms with Crippen molar-refractivity contribution in [3.63, 3.8) is 0 Å². The van der Waals surface area contributed by atoms with Crippen LogP contribution in [-0.2, 0) is 6.54 Å². The summed E-state index contributed by atoms with van der Waals surface area (Å²) >= 11 is 3.51. The lowest BCUT2D eigenvalue weighted by molar-refractivity contribution is 0.339. The fourth-order valence-corrected chi connectivity index (χ4v) is 2.49. The van der Waals surface area contributed by atoms with Gasteiger partial charge in [0, 0.05) is 17.1 Å². The Bertz CT molecular complexity index is 556. The van der Waals surface area contributed by atoms with E-state index in [-0.39, 0.29) is 0 Å². The first-order valence-electron chi connectivity index (χ1n) is 6.89. The fourth-order valence-electron chi connectivity index (χ4n) is 2.08. The van der Waals surface area contributed by atoms with Crippen LogP contribution < -0.4 is 10.1 Å². The molecule has 2 nitrogen and oxygen atoms in total. The van der Waals surface area contributed by atoms with E-state index >= 15 is 0 Å². The average Bonchev–Trinajstić information content (AvgIpc) is 2.45. The molecule has 0 aliphatic rings. The number of hydrogen-bond donors (Lipinski definition) is 1. The topological polar surface area (TPSA) is 21.3 Å². The highest BCUT2D eigenvalue weighted by Crippen LogP contribution is 2.19. The minimum atomic E-state index is 0.309. The molecule has 0 fully saturated rings. The average molecular weight is 334 g/mol. The molecule has 0 aliphatic heterocycles. The second-order valence-corrected chi connectivity index (χ2v) is 5.65. The first-order valence-corrected chi connectivity index (χ1v) is 7.69. The summed E-state index contributed by atoms with van der Waals surface area (Å²) in [6, 6.07) is 16.9. The van der Waals surface area contributed by atoms with E-state index in [4.69, 9.17) is 4.74 Å². The van der Waals surface area contributed by atoms with Crippen LogP contribution >= 0.6 is 15.9 Å². The molecule has 2 rings (SSSR count). The van der Waals surface area contributed by atoms with Crippen LogP contribution in [-0.4, -0.2) is 6.61 Å². The molecular weight excluding hydrogens is 314 g/mol. The van der Waals surface area contributed by atoms with Gasteiger partial charge in [0.05, 0.1) is 6.61 Å². The number of benzene rings is 2. The summed E-state index contributed by atoms with van der Waals surface area (Å²) < 4.78 is 6.63. The minimum absolute atomic E-state index is 0.309. The normalized spacial score (nSPS) is 12.2. The molecule has 2 aromatic rings. The van der Waals surface area contributed by atoms with Crippen LogP contribution in [0.1, 0.15) is 31.0 Å². The van der Waals surface area contributed by atoms with Crippen LogP contribution in [0.15, 0.2) is 53.0 Å². The van der Waals surface area contributed by atoms with Crippen molar-refractivity contribution in [3.05, 3.63) is 64.1 Å². The van der Waals surface area contributed by atoms with Crippen LogP contribution in [0.2, 0.25) is 0 Å². The van der Waals surface area contributed by atoms with Crippen LogP contribution in [0.4, 0.5) is 0 Å². The van der Waals surface area contributed by atoms with Gasteiger partial charge in [-0.15, -0.1) is 0 Å². The molecule has 0 aliphatic carbocycles. The number of nitrogens with one attached hydrogen (secondary N) is 1. The summed E-state index contributed by atoms with van der Waals surface area (Å²) in [5, 5.41) is 3.54. The molecule has 0 saturated heterocycles. The summed E-state index contributed by atoms with van der Waals surface area (Å²) in [6.45, 7) is 5.70. The standard InChI is InChI=1S/C17H20BrNO/c1-3-20-17-9-4-6-14(10-17)12-19-13(2)15-7-5-8-16(18)11-15/h4-11,13,19H,3,12H2,1-2H3/t13-/m1/s1. The lowest BCUT2D eigenvalue weighted by Gasteiger charge is -2.15. The van der Waals surface area contributed by atoms with Crippen molar-refractivity contribution in [2.45, 2.75) is 26.4 Å². The monoisotopic (exact) mass is 333 g/mol. The molecule has 0 saturated carbocycles. The molecule has 0 unspecified atom stereocenters. The van der Waals surface area contributed by atoms with Gasteiger partial charge >= 0.3 is 0 Å². The minimum Gasteiger partial charge on any atom is -0.494 e. The number of ether oxygens (including phenoxy) is 1. The van der Waals surface area contributed by atoms with Crippen LogP contribution in [0.25, 0.3) is 0 Å². The van der Waals surface area contributed by atoms with E-state index in [2.05, 4.69) is 58.5 Å². The summed E-state index contributed by atoms with van der Waals surface area (Å²) in [5.74, 6) is 0.932. The van der Waals surface area contributed by atoms with Gasteiger partial charge in [-0.2, -0.15) is 0 Å². The van der Waals surface area contributed by atoms with Crippen LogP contribution in [0.3, 0.4) is 0 Å². The highest BCUT2D eigenvalue weighted by Gasteiger charge is 2.05. The molecule has 0 spiro atoms. The van der Waals surface area contributed by atoms with Crippen molar-refractivity contribution < 1.29 is 4.74 Å². The Morgan fingerprint density at radius 3 is 2.70 bits per heavy atom. The van der Waals surface area contributed by atoms with E-state index in [1.807, 2.05) is 25.1 Å². The molecule has 0 amide bonds. The van der Waals surface area contributed by atoms with Crippen molar-refractivity contribution in [1.29, 1.82) is 0 Å². The highest BCUT2D eigenvalue weighted by atomic mass is 79.9. The summed E-state index contributed by atoms with van der Waals surface area (Å²) in [4.78, 5) is 0. The van der Waals surface area contributed by atoms with Gasteiger partial charge in [0.2, 0.25) is 0 Å². The van der Waals surface area contributed by atoms with E-state index in [1.54, 1.807) is 0 Å². The van der Waals surface area contributed by atoms with Crippen molar-refractivity contribution in [3.8, 4) is 5.75 Å². The molecule has 20 heavy (non-hydrogen) atoms. The highest BCUT2D eigenvalue weighted by molar-refractivity contribution is 9.10. The molecule has 0 aromatic heterocycles. The first kappa shape index (κ1) is 15.1. The van der Waals surface area contributed by atoms with Crippen molar-refractivity contribution in [2.24, 2.45) is 0 Å². The van der Waals surface area contributed by atoms with Gasteiger partial charge in [-0.25, -0.2) is 0 Å². The summed E-state index contributed by atoms with van der Waals surface area (Å²) in [7, 11) is 0. The van der Waals surface area contributed by atoms with E-state index in [0.29, 0.717) is 12.6 Å². The van der Waals surface area contributed by atoms with Crippen molar-refractivity contribution >= 4 is 15.9 Å². The Morgan fingerprint density at radius 2 is 1.95 bits per heavy atom. The molecule has 1 atom stereocenters. The van der Waals surface area contributed by atoms with Crippen molar-refractivity contribution in [2.75, 3.05) is 6.61 Å². The number of halogens is 1. The lowest BCUT2D eigenvalue weighted by atomic mass is 10.1. The van der Waals surface area contributed by atoms with E-state index in [1.165, 1.54) is 11.1 Å². The van der Waals surface area contributed by atoms with E-state index in [9.17, 15) is 0 Å². The number of rotatable bonds is 6. The third-order valence-electron chi connectivity index (χ3n) is 3.17. The second-order valence-electron chi connectivity index (χ2n) is 4.74. The van der Waals surface area contributed by atoms with E-state index < -0.39 is 0 Å². The SMILES string of the molecule is CCOc1cccc(CN[C@H](C)c2cccc(Br)c2)c1. The smallest absolute Gasteiger partial charge is 0.119 e. The fraction of sp³-hybridized carbons (Fsp3) is 0.294. The largest absolute Gasteiger partial charge is 0.494 e. The van der Waals surface area contributed by atoms with Gasteiger partial charge in [0.1, 0.15) is 5.75 Å². The van der Waals surface area contributed by atoms with Gasteiger partial charge in [-0.05, 0) is 49.2 Å². The Kier molecular flexibility index (Phi) is 5.62. The maximum absolute atomic E-state index is 5.52. The molecule has 3 heteroatoms. The molecule has 1 N–H and O–H groups in total.